The normalized spacial score (nSPS) is 17.6. The van der Waals surface area contributed by atoms with Crippen molar-refractivity contribution in [3.8, 4) is 5.75 Å². The molecule has 1 atom stereocenters. The van der Waals surface area contributed by atoms with E-state index in [-0.39, 0.29) is 23.8 Å². The van der Waals surface area contributed by atoms with E-state index in [1.807, 2.05) is 63.4 Å². The number of aliphatic hydroxyl groups excluding tert-OH is 1. The van der Waals surface area contributed by atoms with Crippen molar-refractivity contribution in [3.05, 3.63) is 86.9 Å². The first-order chi connectivity index (χ1) is 16.3. The third kappa shape index (κ3) is 4.35. The van der Waals surface area contributed by atoms with Crippen molar-refractivity contribution in [1.29, 1.82) is 0 Å². The van der Waals surface area contributed by atoms with Crippen LogP contribution in [0.15, 0.2) is 59.6 Å². The number of aryl methyl sites for hydroxylation is 1. The average molecular weight is 477 g/mol. The number of carbonyl (C=O) groups excluding carboxylic acids is 2. The van der Waals surface area contributed by atoms with E-state index in [4.69, 9.17) is 4.74 Å². The minimum absolute atomic E-state index is 0.102. The topological polar surface area (TPSA) is 79.7 Å². The Labute approximate surface area is 203 Å². The second kappa shape index (κ2) is 9.81. The molecule has 1 N–H and O–H groups in total. The summed E-state index contributed by atoms with van der Waals surface area (Å²) in [6.45, 7) is 8.65. The molecule has 2 aromatic heterocycles. The molecule has 1 saturated heterocycles. The van der Waals surface area contributed by atoms with Crippen LogP contribution in [0.4, 0.5) is 0 Å². The van der Waals surface area contributed by atoms with Crippen LogP contribution in [-0.4, -0.2) is 33.3 Å². The van der Waals surface area contributed by atoms with Crippen molar-refractivity contribution < 1.29 is 19.4 Å². The molecule has 0 spiro atoms. The SMILES string of the molecule is CCOc1ccc(/C(O)=C2/C(=O)C(=O)N(Cc3ccccn3)C2c2sccc2C)cc1C(C)C. The van der Waals surface area contributed by atoms with Gasteiger partial charge in [-0.25, -0.2) is 0 Å². The maximum Gasteiger partial charge on any atom is 0.296 e. The third-order valence-electron chi connectivity index (χ3n) is 5.95. The number of nitrogens with zero attached hydrogens (tertiary/aromatic N) is 2. The number of aromatic nitrogens is 1. The van der Waals surface area contributed by atoms with Crippen molar-refractivity contribution in [2.24, 2.45) is 0 Å². The lowest BCUT2D eigenvalue weighted by atomic mass is 9.94. The van der Waals surface area contributed by atoms with E-state index in [2.05, 4.69) is 4.98 Å². The van der Waals surface area contributed by atoms with Gasteiger partial charge >= 0.3 is 0 Å². The smallest absolute Gasteiger partial charge is 0.296 e. The maximum atomic E-state index is 13.3. The fourth-order valence-electron chi connectivity index (χ4n) is 4.24. The van der Waals surface area contributed by atoms with E-state index in [0.29, 0.717) is 17.9 Å². The number of ether oxygens (including phenoxy) is 1. The summed E-state index contributed by atoms with van der Waals surface area (Å²) in [5, 5.41) is 13.3. The number of likely N-dealkylation sites (tertiary alicyclic amines) is 1. The first kappa shape index (κ1) is 23.7. The van der Waals surface area contributed by atoms with Gasteiger partial charge in [0.1, 0.15) is 17.6 Å². The van der Waals surface area contributed by atoms with Crippen molar-refractivity contribution in [2.75, 3.05) is 6.61 Å². The van der Waals surface area contributed by atoms with Gasteiger partial charge in [0, 0.05) is 16.6 Å². The van der Waals surface area contributed by atoms with Gasteiger partial charge in [0.25, 0.3) is 11.7 Å². The zero-order valence-corrected chi connectivity index (χ0v) is 20.6. The molecule has 3 aromatic rings. The van der Waals surface area contributed by atoms with Gasteiger partial charge in [-0.1, -0.05) is 19.9 Å². The fraction of sp³-hybridized carbons (Fsp3) is 0.296. The molecule has 1 amide bonds. The van der Waals surface area contributed by atoms with E-state index in [0.717, 1.165) is 21.8 Å². The first-order valence-corrected chi connectivity index (χ1v) is 12.2. The number of amides is 1. The van der Waals surface area contributed by atoms with Crippen molar-refractivity contribution in [3.63, 3.8) is 0 Å². The highest BCUT2D eigenvalue weighted by Gasteiger charge is 2.47. The summed E-state index contributed by atoms with van der Waals surface area (Å²) < 4.78 is 5.74. The molecular formula is C27H28N2O4S. The molecule has 7 heteroatoms. The number of carbonyl (C=O) groups is 2. The Balaban J connectivity index is 1.86. The minimum atomic E-state index is -0.689. The quantitative estimate of drug-likeness (QED) is 0.273. The number of aliphatic hydroxyl groups is 1. The van der Waals surface area contributed by atoms with Gasteiger partial charge in [-0.05, 0) is 72.7 Å². The molecule has 1 fully saturated rings. The molecule has 1 aliphatic heterocycles. The van der Waals surface area contributed by atoms with Gasteiger partial charge < -0.3 is 14.7 Å². The summed E-state index contributed by atoms with van der Waals surface area (Å²) in [5.74, 6) is -0.609. The van der Waals surface area contributed by atoms with Crippen LogP contribution < -0.4 is 4.74 Å². The molecule has 1 aromatic carbocycles. The predicted octanol–water partition coefficient (Wildman–Crippen LogP) is 5.60. The summed E-state index contributed by atoms with van der Waals surface area (Å²) in [6.07, 6.45) is 1.66. The number of pyridine rings is 1. The van der Waals surface area contributed by atoms with E-state index < -0.39 is 17.7 Å². The lowest BCUT2D eigenvalue weighted by Gasteiger charge is -2.24. The number of benzene rings is 1. The van der Waals surface area contributed by atoms with Gasteiger partial charge in [0.05, 0.1) is 24.4 Å². The van der Waals surface area contributed by atoms with E-state index in [1.165, 1.54) is 16.2 Å². The molecule has 0 aliphatic carbocycles. The van der Waals surface area contributed by atoms with Crippen LogP contribution in [0.2, 0.25) is 0 Å². The van der Waals surface area contributed by atoms with Gasteiger partial charge in [-0.2, -0.15) is 0 Å². The zero-order valence-electron chi connectivity index (χ0n) is 19.7. The number of ketones is 1. The highest BCUT2D eigenvalue weighted by atomic mass is 32.1. The van der Waals surface area contributed by atoms with Gasteiger partial charge in [-0.15, -0.1) is 11.3 Å². The van der Waals surface area contributed by atoms with Crippen LogP contribution in [0.1, 0.15) is 60.0 Å². The number of rotatable bonds is 7. The number of Topliss-reactive ketones (excluding diaryl/α,β-unsaturated/α-hetero) is 1. The molecule has 176 valence electrons. The van der Waals surface area contributed by atoms with Crippen LogP contribution in [0.25, 0.3) is 5.76 Å². The van der Waals surface area contributed by atoms with Crippen LogP contribution in [0.3, 0.4) is 0 Å². The van der Waals surface area contributed by atoms with Gasteiger partial charge in [-0.3, -0.25) is 14.6 Å². The van der Waals surface area contributed by atoms with E-state index >= 15 is 0 Å². The minimum Gasteiger partial charge on any atom is -0.507 e. The molecule has 6 nitrogen and oxygen atoms in total. The Morgan fingerprint density at radius 1 is 1.21 bits per heavy atom. The Kier molecular flexibility index (Phi) is 6.84. The maximum absolute atomic E-state index is 13.3. The first-order valence-electron chi connectivity index (χ1n) is 11.3. The molecule has 0 saturated carbocycles. The highest BCUT2D eigenvalue weighted by Crippen LogP contribution is 2.43. The zero-order chi connectivity index (χ0) is 24.4. The Hall–Kier alpha value is -3.45. The van der Waals surface area contributed by atoms with Crippen molar-refractivity contribution in [1.82, 2.24) is 9.88 Å². The highest BCUT2D eigenvalue weighted by molar-refractivity contribution is 7.10. The number of thiophene rings is 1. The fourth-order valence-corrected chi connectivity index (χ4v) is 5.28. The number of hydrogen-bond acceptors (Lipinski definition) is 6. The summed E-state index contributed by atoms with van der Waals surface area (Å²) in [6, 6.07) is 12.1. The van der Waals surface area contributed by atoms with Crippen LogP contribution in [-0.2, 0) is 16.1 Å². The Bertz CT molecular complexity index is 1250. The predicted molar refractivity (Wildman–Crippen MR) is 133 cm³/mol. The molecule has 0 radical (unpaired) electrons. The molecule has 4 rings (SSSR count). The standard InChI is InChI=1S/C27H28N2O4S/c1-5-33-21-10-9-18(14-20(21)16(2)3)24(30)22-23(26-17(4)11-13-34-26)29(27(32)25(22)31)15-19-8-6-7-12-28-19/h6-14,16,23,30H,5,15H2,1-4H3/b24-22-. The van der Waals surface area contributed by atoms with Gasteiger partial charge in [0.15, 0.2) is 0 Å². The Morgan fingerprint density at radius 2 is 2.00 bits per heavy atom. The van der Waals surface area contributed by atoms with E-state index in [9.17, 15) is 14.7 Å². The lowest BCUT2D eigenvalue weighted by molar-refractivity contribution is -0.140. The third-order valence-corrected chi connectivity index (χ3v) is 7.02. The lowest BCUT2D eigenvalue weighted by Crippen LogP contribution is -2.29. The van der Waals surface area contributed by atoms with Crippen LogP contribution in [0, 0.1) is 6.92 Å². The largest absolute Gasteiger partial charge is 0.507 e. The summed E-state index contributed by atoms with van der Waals surface area (Å²) in [4.78, 5) is 33.1. The van der Waals surface area contributed by atoms with Crippen LogP contribution in [0.5, 0.6) is 5.75 Å². The van der Waals surface area contributed by atoms with E-state index in [1.54, 1.807) is 18.3 Å². The molecule has 0 bridgehead atoms. The van der Waals surface area contributed by atoms with Crippen molar-refractivity contribution >= 4 is 28.8 Å². The van der Waals surface area contributed by atoms with Crippen molar-refractivity contribution in [2.45, 2.75) is 46.2 Å². The molecule has 1 aliphatic rings. The second-order valence-corrected chi connectivity index (χ2v) is 9.50. The summed E-state index contributed by atoms with van der Waals surface area (Å²) in [7, 11) is 0. The summed E-state index contributed by atoms with van der Waals surface area (Å²) in [5.41, 5.74) is 3.15. The molecule has 1 unspecified atom stereocenters. The number of hydrogen-bond donors (Lipinski definition) is 1. The Morgan fingerprint density at radius 3 is 2.62 bits per heavy atom. The second-order valence-electron chi connectivity index (χ2n) is 8.56. The summed E-state index contributed by atoms with van der Waals surface area (Å²) >= 11 is 1.47. The molecule has 3 heterocycles. The van der Waals surface area contributed by atoms with Gasteiger partial charge in [0.2, 0.25) is 0 Å². The molecular weight excluding hydrogens is 448 g/mol. The monoisotopic (exact) mass is 476 g/mol. The molecule has 34 heavy (non-hydrogen) atoms. The average Bonchev–Trinajstić information content (AvgIpc) is 3.35. The van der Waals surface area contributed by atoms with Crippen LogP contribution >= 0.6 is 11.3 Å².